The lowest BCUT2D eigenvalue weighted by Gasteiger charge is -2.40. The molecule has 1 heterocycles. The second-order valence-electron chi connectivity index (χ2n) is 17.7. The fraction of sp³-hybridized carbons (Fsp3) is 0.524. The van der Waals surface area contributed by atoms with E-state index in [1.165, 1.54) is 0 Å². The van der Waals surface area contributed by atoms with Crippen molar-refractivity contribution in [2.75, 3.05) is 13.2 Å². The van der Waals surface area contributed by atoms with Crippen LogP contribution in [0.3, 0.4) is 0 Å². The first kappa shape index (κ1) is 67.4. The molecule has 0 amide bonds. The minimum Gasteiger partial charge on any atom is -0.479 e. The number of carbonyl (C=O) groups is 4. The van der Waals surface area contributed by atoms with Crippen LogP contribution in [0.5, 0.6) is 0 Å². The van der Waals surface area contributed by atoms with Crippen molar-refractivity contribution in [2.45, 2.75) is 199 Å². The van der Waals surface area contributed by atoms with Crippen molar-refractivity contribution in [3.05, 3.63) is 158 Å². The van der Waals surface area contributed by atoms with Gasteiger partial charge in [-0.15, -0.1) is 0 Å². The number of hydrogen-bond donors (Lipinski definition) is 3. The van der Waals surface area contributed by atoms with Crippen molar-refractivity contribution in [3.63, 3.8) is 0 Å². The number of aliphatic hydroxyl groups excluding tert-OH is 2. The molecule has 1 saturated heterocycles. The number of carboxylic acids is 1. The molecule has 3 N–H and O–H groups in total. The summed E-state index contributed by atoms with van der Waals surface area (Å²) >= 11 is 0. The molecule has 0 aliphatic carbocycles. The molecule has 1 aliphatic rings. The van der Waals surface area contributed by atoms with Crippen LogP contribution >= 0.6 is 0 Å². The van der Waals surface area contributed by atoms with E-state index in [-0.39, 0.29) is 25.9 Å². The molecule has 0 spiro atoms. The van der Waals surface area contributed by atoms with E-state index in [0.717, 1.165) is 103 Å². The van der Waals surface area contributed by atoms with Gasteiger partial charge in [0.05, 0.1) is 13.0 Å². The molecule has 0 saturated carbocycles. The van der Waals surface area contributed by atoms with Gasteiger partial charge in [0.15, 0.2) is 24.6 Å². The Hall–Kier alpha value is -5.66. The summed E-state index contributed by atoms with van der Waals surface area (Å²) in [6.07, 6.45) is 59.7. The van der Waals surface area contributed by atoms with E-state index in [2.05, 4.69) is 154 Å². The smallest absolute Gasteiger partial charge is 0.335 e. The maximum Gasteiger partial charge on any atom is 0.335 e. The average Bonchev–Trinajstić information content (AvgIpc) is 3.39. The Labute approximate surface area is 450 Å². The third-order valence-corrected chi connectivity index (χ3v) is 11.1. The topological polar surface area (TPSA) is 175 Å². The molecule has 0 aromatic heterocycles. The highest BCUT2D eigenvalue weighted by Crippen LogP contribution is 2.26. The van der Waals surface area contributed by atoms with Crippen molar-refractivity contribution in [2.24, 2.45) is 0 Å². The van der Waals surface area contributed by atoms with Crippen molar-refractivity contribution in [1.82, 2.24) is 0 Å². The summed E-state index contributed by atoms with van der Waals surface area (Å²) in [6.45, 7) is 5.49. The molecule has 6 atom stereocenters. The molecule has 1 aliphatic heterocycles. The first-order chi connectivity index (χ1) is 36.6. The van der Waals surface area contributed by atoms with E-state index < -0.39 is 67.3 Å². The van der Waals surface area contributed by atoms with Crippen LogP contribution in [-0.4, -0.2) is 89.2 Å². The molecule has 12 heteroatoms. The average molecular weight is 1040 g/mol. The second kappa shape index (κ2) is 49.2. The van der Waals surface area contributed by atoms with Crippen LogP contribution in [0.4, 0.5) is 0 Å². The van der Waals surface area contributed by atoms with E-state index >= 15 is 0 Å². The Morgan fingerprint density at radius 2 is 0.827 bits per heavy atom. The minimum atomic E-state index is -1.96. The number of carbonyl (C=O) groups excluding carboxylic acids is 3. The molecule has 1 rings (SSSR count). The number of ether oxygens (including phenoxy) is 5. The molecular formula is C63H92O12. The van der Waals surface area contributed by atoms with Gasteiger partial charge in [-0.1, -0.05) is 179 Å². The van der Waals surface area contributed by atoms with E-state index in [1.807, 2.05) is 12.2 Å². The number of allylic oxidation sites excluding steroid dienone is 25. The first-order valence-corrected chi connectivity index (χ1v) is 27.5. The molecule has 0 radical (unpaired) electrons. The number of hydrogen-bond acceptors (Lipinski definition) is 11. The van der Waals surface area contributed by atoms with E-state index in [9.17, 15) is 34.5 Å². The summed E-state index contributed by atoms with van der Waals surface area (Å²) in [5.74, 6) is -3.43. The van der Waals surface area contributed by atoms with Crippen molar-refractivity contribution in [1.29, 1.82) is 0 Å². The van der Waals surface area contributed by atoms with Crippen LogP contribution in [0.25, 0.3) is 0 Å². The number of carboxylic acid groups (broad SMARTS) is 1. The van der Waals surface area contributed by atoms with Gasteiger partial charge in [0.1, 0.15) is 18.8 Å². The Balaban J connectivity index is 2.84. The maximum absolute atomic E-state index is 13.1. The Morgan fingerprint density at radius 1 is 0.453 bits per heavy atom. The monoisotopic (exact) mass is 1040 g/mol. The highest BCUT2D eigenvalue weighted by atomic mass is 16.7. The normalized spacial score (nSPS) is 19.4. The summed E-state index contributed by atoms with van der Waals surface area (Å²) in [4.78, 5) is 50.9. The third kappa shape index (κ3) is 39.4. The van der Waals surface area contributed by atoms with Gasteiger partial charge in [-0.3, -0.25) is 14.4 Å². The van der Waals surface area contributed by atoms with E-state index in [0.29, 0.717) is 19.3 Å². The fourth-order valence-corrected chi connectivity index (χ4v) is 7.01. The van der Waals surface area contributed by atoms with Crippen molar-refractivity contribution < 1.29 is 58.2 Å². The van der Waals surface area contributed by atoms with Crippen molar-refractivity contribution >= 4 is 23.9 Å². The summed E-state index contributed by atoms with van der Waals surface area (Å²) in [7, 11) is 0. The molecule has 6 unspecified atom stereocenters. The fourth-order valence-electron chi connectivity index (χ4n) is 7.01. The highest BCUT2D eigenvalue weighted by Gasteiger charge is 2.50. The maximum atomic E-state index is 13.1. The number of esters is 3. The van der Waals surface area contributed by atoms with Gasteiger partial charge in [0.2, 0.25) is 0 Å². The molecular weight excluding hydrogens is 949 g/mol. The molecule has 0 aromatic rings. The minimum absolute atomic E-state index is 0.0806. The van der Waals surface area contributed by atoms with Crippen LogP contribution in [0.15, 0.2) is 158 Å². The number of unbranched alkanes of at least 4 members (excludes halogenated alkanes) is 4. The Kier molecular flexibility index (Phi) is 44.2. The van der Waals surface area contributed by atoms with Crippen LogP contribution in [-0.2, 0) is 42.9 Å². The molecule has 1 fully saturated rings. The van der Waals surface area contributed by atoms with Gasteiger partial charge in [-0.2, -0.15) is 0 Å². The van der Waals surface area contributed by atoms with Crippen LogP contribution in [0.1, 0.15) is 162 Å². The molecule has 75 heavy (non-hydrogen) atoms. The lowest BCUT2D eigenvalue weighted by atomic mass is 9.98. The van der Waals surface area contributed by atoms with Gasteiger partial charge in [0, 0.05) is 12.8 Å². The molecule has 0 aromatic carbocycles. The third-order valence-electron chi connectivity index (χ3n) is 11.1. The largest absolute Gasteiger partial charge is 0.479 e. The summed E-state index contributed by atoms with van der Waals surface area (Å²) < 4.78 is 28.1. The quantitative estimate of drug-likeness (QED) is 0.0228. The Morgan fingerprint density at radius 3 is 1.23 bits per heavy atom. The number of rotatable bonds is 43. The second-order valence-corrected chi connectivity index (χ2v) is 17.7. The number of aliphatic carboxylic acids is 1. The first-order valence-electron chi connectivity index (χ1n) is 27.5. The highest BCUT2D eigenvalue weighted by molar-refractivity contribution is 5.74. The predicted octanol–water partition coefficient (Wildman–Crippen LogP) is 13.8. The van der Waals surface area contributed by atoms with Gasteiger partial charge in [-0.05, 0) is 122 Å². The SMILES string of the molecule is CC/C=C\C/C=C\C/C=C\C/C=C\C/C=C\CC(=O)OC1C(OCC(COC(=O)CCCC/C=C\C/C=C\C/C=C\C/C=C\CC)OC(=O)CCCC/C=C\C/C=C\C/C=C\C/C=C\CC)OC(C(=O)O)C(O)C1O. The zero-order valence-electron chi connectivity index (χ0n) is 45.5. The summed E-state index contributed by atoms with van der Waals surface area (Å²) in [6, 6.07) is 0. The van der Waals surface area contributed by atoms with Crippen molar-refractivity contribution in [3.8, 4) is 0 Å². The standard InChI is InChI=1S/C63H92O12/c1-4-7-10-13-16-19-22-25-28-31-34-37-40-43-46-49-55(64)71-52-54(73-56(65)50-47-44-41-38-35-32-29-26-23-20-17-14-11-8-5-2)53-72-63-61(59(68)58(67)60(75-63)62(69)70)74-57(66)51-48-45-42-39-36-33-30-27-24-21-18-15-12-9-6-3/h7-12,16-21,25-30,34-39,45,48,54,58-61,63,67-68H,4-6,13-15,22-24,31-33,40-44,46-47,49-53H2,1-3H3,(H,69,70)/b10-7-,11-8-,12-9-,19-16-,20-17-,21-18-,28-25-,29-26-,30-27-,37-34-,38-35-,39-36-,48-45-. The zero-order valence-corrected chi connectivity index (χ0v) is 45.5. The van der Waals surface area contributed by atoms with Crippen LogP contribution in [0, 0.1) is 0 Å². The van der Waals surface area contributed by atoms with Crippen LogP contribution < -0.4 is 0 Å². The summed E-state index contributed by atoms with van der Waals surface area (Å²) in [5.41, 5.74) is 0. The number of aliphatic hydroxyl groups is 2. The molecule has 12 nitrogen and oxygen atoms in total. The van der Waals surface area contributed by atoms with Gasteiger partial charge >= 0.3 is 23.9 Å². The Bertz CT molecular complexity index is 1910. The van der Waals surface area contributed by atoms with E-state index in [1.54, 1.807) is 12.2 Å². The molecule has 0 bridgehead atoms. The van der Waals surface area contributed by atoms with Gasteiger partial charge in [-0.25, -0.2) is 4.79 Å². The predicted molar refractivity (Wildman–Crippen MR) is 302 cm³/mol. The van der Waals surface area contributed by atoms with Crippen LogP contribution in [0.2, 0.25) is 0 Å². The zero-order chi connectivity index (χ0) is 54.7. The lowest BCUT2D eigenvalue weighted by molar-refractivity contribution is -0.301. The van der Waals surface area contributed by atoms with Gasteiger partial charge < -0.3 is 39.0 Å². The summed E-state index contributed by atoms with van der Waals surface area (Å²) in [5, 5.41) is 31.4. The molecule has 416 valence electrons. The van der Waals surface area contributed by atoms with E-state index in [4.69, 9.17) is 23.7 Å². The lowest BCUT2D eigenvalue weighted by Crippen LogP contribution is -2.61. The van der Waals surface area contributed by atoms with Gasteiger partial charge in [0.25, 0.3) is 0 Å².